The van der Waals surface area contributed by atoms with Gasteiger partial charge in [0.05, 0.1) is 6.61 Å². The summed E-state index contributed by atoms with van der Waals surface area (Å²) in [5, 5.41) is 8.87. The van der Waals surface area contributed by atoms with Crippen LogP contribution in [0.2, 0.25) is 0 Å². The van der Waals surface area contributed by atoms with E-state index >= 15 is 0 Å². The number of nitrogens with one attached hydrogen (secondary N) is 1. The molecule has 0 aliphatic rings. The molecule has 0 heterocycles. The Kier molecular flexibility index (Phi) is 4.66. The molecule has 2 aromatic carbocycles. The van der Waals surface area contributed by atoms with Crippen LogP contribution in [0.15, 0.2) is 47.4 Å². The summed E-state index contributed by atoms with van der Waals surface area (Å²) in [6.45, 7) is -0.532. The van der Waals surface area contributed by atoms with Crippen LogP contribution in [-0.4, -0.2) is 13.5 Å². The number of hydrogen-bond donors (Lipinski definition) is 2. The smallest absolute Gasteiger partial charge is 0.243 e. The fourth-order valence-corrected chi connectivity index (χ4v) is 2.84. The van der Waals surface area contributed by atoms with Crippen molar-refractivity contribution in [1.82, 2.24) is 4.72 Å². The molecule has 0 unspecified atom stereocenters. The minimum absolute atomic E-state index is 0.152. The lowest BCUT2D eigenvalue weighted by Crippen LogP contribution is -2.24. The third kappa shape index (κ3) is 3.84. The number of aliphatic hydroxyl groups is 1. The molecular formula is C14H13F2NO3S. The van der Waals surface area contributed by atoms with Crippen LogP contribution >= 0.6 is 0 Å². The van der Waals surface area contributed by atoms with Crippen LogP contribution in [-0.2, 0) is 23.2 Å². The lowest BCUT2D eigenvalue weighted by molar-refractivity contribution is 0.281. The highest BCUT2D eigenvalue weighted by atomic mass is 32.2. The first-order chi connectivity index (χ1) is 9.92. The van der Waals surface area contributed by atoms with Crippen molar-refractivity contribution >= 4 is 10.0 Å². The van der Waals surface area contributed by atoms with Gasteiger partial charge >= 0.3 is 0 Å². The summed E-state index contributed by atoms with van der Waals surface area (Å²) in [6.07, 6.45) is 0. The highest BCUT2D eigenvalue weighted by Crippen LogP contribution is 2.16. The van der Waals surface area contributed by atoms with Gasteiger partial charge in [-0.3, -0.25) is 0 Å². The molecule has 0 spiro atoms. The van der Waals surface area contributed by atoms with Gasteiger partial charge in [-0.15, -0.1) is 0 Å². The molecule has 0 bridgehead atoms. The number of hydrogen-bond acceptors (Lipinski definition) is 3. The summed E-state index contributed by atoms with van der Waals surface area (Å²) < 4.78 is 52.9. The Morgan fingerprint density at radius 1 is 1.05 bits per heavy atom. The second kappa shape index (κ2) is 6.30. The number of benzene rings is 2. The number of sulfonamides is 1. The largest absolute Gasteiger partial charge is 0.392 e. The highest BCUT2D eigenvalue weighted by Gasteiger charge is 2.19. The first kappa shape index (κ1) is 15.6. The van der Waals surface area contributed by atoms with Crippen molar-refractivity contribution in [3.63, 3.8) is 0 Å². The van der Waals surface area contributed by atoms with Gasteiger partial charge in [0, 0.05) is 6.54 Å². The summed E-state index contributed by atoms with van der Waals surface area (Å²) in [5.41, 5.74) is 0.697. The van der Waals surface area contributed by atoms with Crippen molar-refractivity contribution in [1.29, 1.82) is 0 Å². The standard InChI is InChI=1S/C14H13F2NO3S/c15-12-3-1-2-10(6-12)8-17-21(19,20)14-5-4-11(9-18)7-13(14)16/h1-7,17-18H,8-9H2. The van der Waals surface area contributed by atoms with Gasteiger partial charge in [-0.25, -0.2) is 21.9 Å². The molecule has 0 saturated carbocycles. The maximum Gasteiger partial charge on any atom is 0.243 e. The maximum atomic E-state index is 13.7. The Hall–Kier alpha value is -1.83. The van der Waals surface area contributed by atoms with Crippen molar-refractivity contribution in [3.05, 3.63) is 65.2 Å². The first-order valence-corrected chi connectivity index (χ1v) is 7.54. The van der Waals surface area contributed by atoms with Gasteiger partial charge in [-0.1, -0.05) is 18.2 Å². The van der Waals surface area contributed by atoms with Crippen molar-refractivity contribution in [2.75, 3.05) is 0 Å². The molecule has 0 aliphatic heterocycles. The van der Waals surface area contributed by atoms with Crippen molar-refractivity contribution in [3.8, 4) is 0 Å². The van der Waals surface area contributed by atoms with E-state index in [0.29, 0.717) is 5.56 Å². The molecule has 0 aliphatic carbocycles. The van der Waals surface area contributed by atoms with Crippen LogP contribution in [0.3, 0.4) is 0 Å². The Labute approximate surface area is 121 Å². The number of aliphatic hydroxyl groups excluding tert-OH is 1. The Bertz CT molecular complexity index is 748. The second-order valence-electron chi connectivity index (χ2n) is 4.38. The van der Waals surface area contributed by atoms with E-state index in [0.717, 1.165) is 12.1 Å². The quantitative estimate of drug-likeness (QED) is 0.886. The molecule has 2 rings (SSSR count). The molecule has 0 aromatic heterocycles. The lowest BCUT2D eigenvalue weighted by atomic mass is 10.2. The predicted octanol–water partition coefficient (Wildman–Crippen LogP) is 1.94. The van der Waals surface area contributed by atoms with Crippen molar-refractivity contribution in [2.45, 2.75) is 18.0 Å². The SMILES string of the molecule is O=S(=O)(NCc1cccc(F)c1)c1ccc(CO)cc1F. The van der Waals surface area contributed by atoms with Crippen LogP contribution in [0.4, 0.5) is 8.78 Å². The second-order valence-corrected chi connectivity index (χ2v) is 6.11. The summed E-state index contributed by atoms with van der Waals surface area (Å²) >= 11 is 0. The third-order valence-corrected chi connectivity index (χ3v) is 4.26. The molecule has 4 nitrogen and oxygen atoms in total. The molecule has 2 aromatic rings. The summed E-state index contributed by atoms with van der Waals surface area (Å²) in [7, 11) is -4.06. The van der Waals surface area contributed by atoms with Gasteiger partial charge in [-0.05, 0) is 35.4 Å². The number of halogens is 2. The van der Waals surface area contributed by atoms with Crippen molar-refractivity contribution in [2.24, 2.45) is 0 Å². The Balaban J connectivity index is 2.19. The van der Waals surface area contributed by atoms with Gasteiger partial charge in [0.15, 0.2) is 0 Å². The molecule has 0 fully saturated rings. The minimum atomic E-state index is -4.06. The molecule has 0 amide bonds. The summed E-state index contributed by atoms with van der Waals surface area (Å²) in [4.78, 5) is -0.517. The van der Waals surface area contributed by atoms with Gasteiger partial charge in [0.2, 0.25) is 10.0 Å². The molecule has 112 valence electrons. The molecule has 2 N–H and O–H groups in total. The summed E-state index contributed by atoms with van der Waals surface area (Å²) in [6, 6.07) is 8.79. The molecular weight excluding hydrogens is 300 g/mol. The van der Waals surface area contributed by atoms with E-state index in [9.17, 15) is 17.2 Å². The monoisotopic (exact) mass is 313 g/mol. The zero-order valence-corrected chi connectivity index (χ0v) is 11.7. The van der Waals surface area contributed by atoms with Crippen LogP contribution in [0.5, 0.6) is 0 Å². The van der Waals surface area contributed by atoms with E-state index in [4.69, 9.17) is 5.11 Å². The normalized spacial score (nSPS) is 11.6. The topological polar surface area (TPSA) is 66.4 Å². The number of rotatable bonds is 5. The van der Waals surface area contributed by atoms with E-state index < -0.39 is 26.6 Å². The average Bonchev–Trinajstić information content (AvgIpc) is 2.45. The Morgan fingerprint density at radius 3 is 2.43 bits per heavy atom. The zero-order chi connectivity index (χ0) is 15.5. The van der Waals surface area contributed by atoms with E-state index in [1.807, 2.05) is 0 Å². The highest BCUT2D eigenvalue weighted by molar-refractivity contribution is 7.89. The van der Waals surface area contributed by atoms with Crippen LogP contribution in [0.25, 0.3) is 0 Å². The van der Waals surface area contributed by atoms with E-state index in [2.05, 4.69) is 4.72 Å². The molecule has 0 saturated heterocycles. The minimum Gasteiger partial charge on any atom is -0.392 e. The molecule has 0 atom stereocenters. The van der Waals surface area contributed by atoms with E-state index in [-0.39, 0.29) is 18.7 Å². The Morgan fingerprint density at radius 2 is 1.81 bits per heavy atom. The van der Waals surface area contributed by atoms with E-state index in [1.54, 1.807) is 6.07 Å². The van der Waals surface area contributed by atoms with Crippen LogP contribution < -0.4 is 4.72 Å². The average molecular weight is 313 g/mol. The molecule has 7 heteroatoms. The maximum absolute atomic E-state index is 13.7. The summed E-state index contributed by atoms with van der Waals surface area (Å²) in [5.74, 6) is -1.43. The molecule has 0 radical (unpaired) electrons. The van der Waals surface area contributed by atoms with Gasteiger partial charge in [0.1, 0.15) is 16.5 Å². The fourth-order valence-electron chi connectivity index (χ4n) is 1.76. The first-order valence-electron chi connectivity index (χ1n) is 6.06. The van der Waals surface area contributed by atoms with E-state index in [1.165, 1.54) is 24.3 Å². The van der Waals surface area contributed by atoms with Gasteiger partial charge < -0.3 is 5.11 Å². The van der Waals surface area contributed by atoms with Gasteiger partial charge in [-0.2, -0.15) is 0 Å². The fraction of sp³-hybridized carbons (Fsp3) is 0.143. The third-order valence-electron chi connectivity index (χ3n) is 2.82. The lowest BCUT2D eigenvalue weighted by Gasteiger charge is -2.08. The van der Waals surface area contributed by atoms with Crippen LogP contribution in [0, 0.1) is 11.6 Å². The van der Waals surface area contributed by atoms with Crippen molar-refractivity contribution < 1.29 is 22.3 Å². The zero-order valence-electron chi connectivity index (χ0n) is 10.9. The van der Waals surface area contributed by atoms with Gasteiger partial charge in [0.25, 0.3) is 0 Å². The molecule has 21 heavy (non-hydrogen) atoms. The van der Waals surface area contributed by atoms with Crippen LogP contribution in [0.1, 0.15) is 11.1 Å². The predicted molar refractivity (Wildman–Crippen MR) is 72.7 cm³/mol.